The van der Waals surface area contributed by atoms with E-state index in [4.69, 9.17) is 9.47 Å². The first-order valence-corrected chi connectivity index (χ1v) is 8.22. The Morgan fingerprint density at radius 1 is 1.55 bits per heavy atom. The number of carbonyl (C=O) groups excluding carboxylic acids is 1. The smallest absolute Gasteiger partial charge is 0.222 e. The van der Waals surface area contributed by atoms with Gasteiger partial charge in [0.2, 0.25) is 5.91 Å². The lowest BCUT2D eigenvalue weighted by Crippen LogP contribution is -2.41. The zero-order valence-electron chi connectivity index (χ0n) is 13.2. The van der Waals surface area contributed by atoms with Gasteiger partial charge < -0.3 is 19.4 Å². The minimum absolute atomic E-state index is 0.0672. The lowest BCUT2D eigenvalue weighted by molar-refractivity contribution is -0.123. The number of ether oxygens (including phenoxy) is 2. The molecule has 122 valence electrons. The average molecular weight is 307 g/mol. The van der Waals surface area contributed by atoms with E-state index >= 15 is 0 Å². The molecule has 1 aromatic heterocycles. The van der Waals surface area contributed by atoms with E-state index in [0.29, 0.717) is 19.6 Å². The van der Waals surface area contributed by atoms with Crippen molar-refractivity contribution in [3.05, 3.63) is 17.7 Å². The van der Waals surface area contributed by atoms with Crippen LogP contribution in [0.4, 0.5) is 0 Å². The Morgan fingerprint density at radius 2 is 2.45 bits per heavy atom. The Balaban J connectivity index is 1.33. The second-order valence-corrected chi connectivity index (χ2v) is 6.21. The number of fused-ring (bicyclic) bond motifs is 1. The van der Waals surface area contributed by atoms with E-state index in [9.17, 15) is 4.79 Å². The Bertz CT molecular complexity index is 509. The highest BCUT2D eigenvalue weighted by atomic mass is 16.5. The van der Waals surface area contributed by atoms with E-state index in [-0.39, 0.29) is 18.1 Å². The number of nitrogens with one attached hydrogen (secondary N) is 1. The Hall–Kier alpha value is -1.40. The van der Waals surface area contributed by atoms with Crippen molar-refractivity contribution < 1.29 is 14.3 Å². The molecule has 0 aromatic carbocycles. The van der Waals surface area contributed by atoms with E-state index in [0.717, 1.165) is 50.4 Å². The summed E-state index contributed by atoms with van der Waals surface area (Å²) in [6.07, 6.45) is 6.77. The number of aromatic nitrogens is 2. The Labute approximate surface area is 131 Å². The Kier molecular flexibility index (Phi) is 5.10. The fourth-order valence-corrected chi connectivity index (χ4v) is 3.16. The van der Waals surface area contributed by atoms with Gasteiger partial charge in [0, 0.05) is 38.2 Å². The monoisotopic (exact) mass is 307 g/mol. The summed E-state index contributed by atoms with van der Waals surface area (Å²) in [6.45, 7) is 4.73. The van der Waals surface area contributed by atoms with Gasteiger partial charge >= 0.3 is 0 Å². The molecule has 0 bridgehead atoms. The summed E-state index contributed by atoms with van der Waals surface area (Å²) in [5, 5.41) is 3.10. The minimum atomic E-state index is 0.0672. The van der Waals surface area contributed by atoms with E-state index in [1.165, 1.54) is 0 Å². The predicted octanol–water partition coefficient (Wildman–Crippen LogP) is 1.21. The number of carbonyl (C=O) groups is 1. The van der Waals surface area contributed by atoms with Gasteiger partial charge in [-0.15, -0.1) is 0 Å². The molecule has 1 fully saturated rings. The Morgan fingerprint density at radius 3 is 3.27 bits per heavy atom. The van der Waals surface area contributed by atoms with Crippen LogP contribution in [0, 0.1) is 6.92 Å². The first-order chi connectivity index (χ1) is 10.7. The summed E-state index contributed by atoms with van der Waals surface area (Å²) >= 11 is 0. The highest BCUT2D eigenvalue weighted by Crippen LogP contribution is 2.15. The van der Waals surface area contributed by atoms with Crippen molar-refractivity contribution in [1.29, 1.82) is 0 Å². The number of hydrogen-bond donors (Lipinski definition) is 1. The summed E-state index contributed by atoms with van der Waals surface area (Å²) in [4.78, 5) is 16.5. The fourth-order valence-electron chi connectivity index (χ4n) is 3.16. The molecule has 0 radical (unpaired) electrons. The largest absolute Gasteiger partial charge is 0.378 e. The second-order valence-electron chi connectivity index (χ2n) is 6.21. The number of nitrogens with zero attached hydrogens (tertiary/aromatic N) is 2. The van der Waals surface area contributed by atoms with Crippen LogP contribution in [0.2, 0.25) is 0 Å². The molecule has 0 saturated carbocycles. The average Bonchev–Trinajstić information content (AvgIpc) is 3.11. The third kappa shape index (κ3) is 4.08. The van der Waals surface area contributed by atoms with Crippen molar-refractivity contribution in [3.8, 4) is 0 Å². The van der Waals surface area contributed by atoms with Gasteiger partial charge in [-0.1, -0.05) is 0 Å². The van der Waals surface area contributed by atoms with Crippen LogP contribution in [0.3, 0.4) is 0 Å². The van der Waals surface area contributed by atoms with Crippen molar-refractivity contribution in [1.82, 2.24) is 14.9 Å². The molecule has 6 nitrogen and oxygen atoms in total. The van der Waals surface area contributed by atoms with E-state index in [1.807, 2.05) is 6.92 Å². The molecule has 2 atom stereocenters. The SMILES string of the molecule is Cc1cn2c(n1)CC[C@@H](NC(=O)CCOC[C@H]1CCCO1)C2. The zero-order valence-corrected chi connectivity index (χ0v) is 13.2. The van der Waals surface area contributed by atoms with Crippen LogP contribution in [0.5, 0.6) is 0 Å². The molecule has 3 heterocycles. The number of rotatable bonds is 6. The molecule has 0 spiro atoms. The van der Waals surface area contributed by atoms with Gasteiger partial charge in [0.15, 0.2) is 0 Å². The number of amides is 1. The standard InChI is InChI=1S/C16H25N3O3/c1-12-9-19-10-13(4-5-15(19)17-12)18-16(20)6-8-21-11-14-3-2-7-22-14/h9,13-14H,2-8,10-11H2,1H3,(H,18,20)/t13-,14-/m1/s1. The van der Waals surface area contributed by atoms with Crippen LogP contribution in [-0.4, -0.2) is 47.4 Å². The highest BCUT2D eigenvalue weighted by molar-refractivity contribution is 5.76. The maximum Gasteiger partial charge on any atom is 0.222 e. The first kappa shape index (κ1) is 15.5. The summed E-state index contributed by atoms with van der Waals surface area (Å²) < 4.78 is 13.2. The molecule has 1 saturated heterocycles. The molecular formula is C16H25N3O3. The highest BCUT2D eigenvalue weighted by Gasteiger charge is 2.21. The van der Waals surface area contributed by atoms with E-state index in [2.05, 4.69) is 21.1 Å². The predicted molar refractivity (Wildman–Crippen MR) is 81.6 cm³/mol. The third-order valence-corrected chi connectivity index (χ3v) is 4.28. The third-order valence-electron chi connectivity index (χ3n) is 4.28. The lowest BCUT2D eigenvalue weighted by Gasteiger charge is -2.24. The van der Waals surface area contributed by atoms with E-state index < -0.39 is 0 Å². The minimum Gasteiger partial charge on any atom is -0.378 e. The van der Waals surface area contributed by atoms with Gasteiger partial charge in [-0.25, -0.2) is 4.98 Å². The van der Waals surface area contributed by atoms with Crippen molar-refractivity contribution >= 4 is 5.91 Å². The van der Waals surface area contributed by atoms with Gasteiger partial charge in [-0.3, -0.25) is 4.79 Å². The van der Waals surface area contributed by atoms with Crippen LogP contribution in [-0.2, 0) is 27.2 Å². The molecule has 1 N–H and O–H groups in total. The van der Waals surface area contributed by atoms with Gasteiger partial charge in [0.05, 0.1) is 25.0 Å². The summed E-state index contributed by atoms with van der Waals surface area (Å²) in [5.74, 6) is 1.19. The second kappa shape index (κ2) is 7.24. The van der Waals surface area contributed by atoms with Crippen LogP contribution < -0.4 is 5.32 Å². The maximum atomic E-state index is 12.0. The normalized spacial score (nSPS) is 24.2. The van der Waals surface area contributed by atoms with Gasteiger partial charge in [-0.2, -0.15) is 0 Å². The molecule has 22 heavy (non-hydrogen) atoms. The quantitative estimate of drug-likeness (QED) is 0.802. The summed E-state index contributed by atoms with van der Waals surface area (Å²) in [5.41, 5.74) is 1.05. The maximum absolute atomic E-state index is 12.0. The topological polar surface area (TPSA) is 65.4 Å². The molecule has 0 unspecified atom stereocenters. The summed E-state index contributed by atoms with van der Waals surface area (Å²) in [6, 6.07) is 0.201. The molecule has 0 aliphatic carbocycles. The van der Waals surface area contributed by atoms with Crippen LogP contribution in [0.1, 0.15) is 37.2 Å². The van der Waals surface area contributed by atoms with Crippen molar-refractivity contribution in [3.63, 3.8) is 0 Å². The number of hydrogen-bond acceptors (Lipinski definition) is 4. The molecule has 6 heteroatoms. The van der Waals surface area contributed by atoms with Gasteiger partial charge in [0.1, 0.15) is 5.82 Å². The van der Waals surface area contributed by atoms with Crippen LogP contribution in [0.15, 0.2) is 6.20 Å². The zero-order chi connectivity index (χ0) is 15.4. The number of imidazole rings is 1. The van der Waals surface area contributed by atoms with Crippen LogP contribution >= 0.6 is 0 Å². The molecular weight excluding hydrogens is 282 g/mol. The van der Waals surface area contributed by atoms with Gasteiger partial charge in [0.25, 0.3) is 0 Å². The lowest BCUT2D eigenvalue weighted by atomic mass is 10.1. The summed E-state index contributed by atoms with van der Waals surface area (Å²) in [7, 11) is 0. The van der Waals surface area contributed by atoms with Crippen molar-refractivity contribution in [2.45, 2.75) is 57.7 Å². The van der Waals surface area contributed by atoms with Crippen LogP contribution in [0.25, 0.3) is 0 Å². The number of aryl methyl sites for hydroxylation is 2. The molecule has 2 aliphatic heterocycles. The molecule has 1 amide bonds. The van der Waals surface area contributed by atoms with Crippen molar-refractivity contribution in [2.24, 2.45) is 0 Å². The molecule has 2 aliphatic rings. The fraction of sp³-hybridized carbons (Fsp3) is 0.750. The molecule has 1 aromatic rings. The van der Waals surface area contributed by atoms with Crippen molar-refractivity contribution in [2.75, 3.05) is 19.8 Å². The molecule has 3 rings (SSSR count). The van der Waals surface area contributed by atoms with E-state index in [1.54, 1.807) is 0 Å². The van der Waals surface area contributed by atoms with Gasteiger partial charge in [-0.05, 0) is 26.2 Å². The first-order valence-electron chi connectivity index (χ1n) is 8.22.